The normalized spacial score (nSPS) is 14.2. The first-order chi connectivity index (χ1) is 19.6. The van der Waals surface area contributed by atoms with E-state index < -0.39 is 5.60 Å². The van der Waals surface area contributed by atoms with E-state index in [1.165, 1.54) is 0 Å². The summed E-state index contributed by atoms with van der Waals surface area (Å²) >= 11 is 0. The van der Waals surface area contributed by atoms with Crippen LogP contribution < -0.4 is 14.2 Å². The number of carbonyl (C=O) groups excluding carboxylic acids is 1. The Bertz CT molecular complexity index is 1580. The summed E-state index contributed by atoms with van der Waals surface area (Å²) < 4.78 is 19.0. The zero-order valence-corrected chi connectivity index (χ0v) is 22.3. The SMILES string of the molecule is C[C@](Oc1ccc2c(c1COc1ccc(Oc3ccccc3)cc1)CCCC2=O)(c1ccccc1)c1ncc[nH]1. The molecule has 1 aliphatic carbocycles. The average molecular weight is 531 g/mol. The first-order valence-electron chi connectivity index (χ1n) is 13.5. The van der Waals surface area contributed by atoms with E-state index in [0.717, 1.165) is 46.6 Å². The predicted octanol–water partition coefficient (Wildman–Crippen LogP) is 7.64. The van der Waals surface area contributed by atoms with E-state index in [9.17, 15) is 4.79 Å². The first-order valence-corrected chi connectivity index (χ1v) is 13.5. The summed E-state index contributed by atoms with van der Waals surface area (Å²) in [7, 11) is 0. The molecule has 0 bridgehead atoms. The van der Waals surface area contributed by atoms with Crippen molar-refractivity contribution in [3.63, 3.8) is 0 Å². The van der Waals surface area contributed by atoms with Crippen LogP contribution in [0.5, 0.6) is 23.0 Å². The van der Waals surface area contributed by atoms with E-state index in [0.29, 0.717) is 23.7 Å². The Morgan fingerprint density at radius 3 is 2.25 bits per heavy atom. The van der Waals surface area contributed by atoms with Crippen molar-refractivity contribution in [3.05, 3.63) is 138 Å². The number of nitrogens with zero attached hydrogens (tertiary/aromatic N) is 1. The fourth-order valence-electron chi connectivity index (χ4n) is 5.16. The number of imidazole rings is 1. The summed E-state index contributed by atoms with van der Waals surface area (Å²) in [4.78, 5) is 20.6. The molecule has 6 nitrogen and oxygen atoms in total. The number of aromatic nitrogens is 2. The van der Waals surface area contributed by atoms with Crippen LogP contribution in [-0.4, -0.2) is 15.8 Å². The number of ether oxygens (including phenoxy) is 3. The molecule has 0 amide bonds. The summed E-state index contributed by atoms with van der Waals surface area (Å²) in [5.41, 5.74) is 2.70. The molecule has 0 fully saturated rings. The second-order valence-corrected chi connectivity index (χ2v) is 9.96. The molecular weight excluding hydrogens is 500 g/mol. The monoisotopic (exact) mass is 530 g/mol. The Morgan fingerprint density at radius 2 is 1.52 bits per heavy atom. The van der Waals surface area contributed by atoms with E-state index in [1.807, 2.05) is 104 Å². The zero-order valence-electron chi connectivity index (χ0n) is 22.3. The van der Waals surface area contributed by atoms with Gasteiger partial charge in [0.05, 0.1) is 0 Å². The summed E-state index contributed by atoms with van der Waals surface area (Å²) in [5.74, 6) is 3.71. The summed E-state index contributed by atoms with van der Waals surface area (Å²) in [6, 6.07) is 31.0. The first kappa shape index (κ1) is 25.4. The van der Waals surface area contributed by atoms with Gasteiger partial charge in [0.25, 0.3) is 0 Å². The van der Waals surface area contributed by atoms with Gasteiger partial charge in [-0.25, -0.2) is 4.98 Å². The van der Waals surface area contributed by atoms with Crippen molar-refractivity contribution in [2.24, 2.45) is 0 Å². The molecule has 1 N–H and O–H groups in total. The van der Waals surface area contributed by atoms with Crippen LogP contribution in [0.25, 0.3) is 0 Å². The number of para-hydroxylation sites is 1. The summed E-state index contributed by atoms with van der Waals surface area (Å²) in [6.45, 7) is 2.26. The van der Waals surface area contributed by atoms with Gasteiger partial charge < -0.3 is 19.2 Å². The van der Waals surface area contributed by atoms with Crippen LogP contribution in [0.3, 0.4) is 0 Å². The van der Waals surface area contributed by atoms with Crippen LogP contribution in [0.15, 0.2) is 109 Å². The fourth-order valence-corrected chi connectivity index (χ4v) is 5.16. The molecule has 5 aromatic rings. The molecule has 1 heterocycles. The van der Waals surface area contributed by atoms with Crippen LogP contribution in [0.2, 0.25) is 0 Å². The van der Waals surface area contributed by atoms with Crippen LogP contribution in [0, 0.1) is 0 Å². The summed E-state index contributed by atoms with van der Waals surface area (Å²) in [5, 5.41) is 0. The second kappa shape index (κ2) is 11.1. The standard InChI is InChI=1S/C34H30N2O4/c1-34(33-35-21-22-36-33,24-9-4-2-5-10-24)40-32-20-19-29-28(13-8-14-31(29)37)30(32)23-38-25-15-17-27(18-16-25)39-26-11-6-3-7-12-26/h2-7,9-12,15-22H,8,13-14,23H2,1H3,(H,35,36)/t34-/m0/s1. The lowest BCUT2D eigenvalue weighted by Crippen LogP contribution is -2.33. The van der Waals surface area contributed by atoms with Crippen molar-refractivity contribution in [2.75, 3.05) is 0 Å². The number of hydrogen-bond donors (Lipinski definition) is 1. The third-order valence-corrected chi connectivity index (χ3v) is 7.29. The van der Waals surface area contributed by atoms with Crippen LogP contribution in [-0.2, 0) is 18.6 Å². The minimum Gasteiger partial charge on any atom is -0.489 e. The molecule has 0 saturated heterocycles. The number of H-pyrrole nitrogens is 1. The molecule has 1 aliphatic rings. The van der Waals surface area contributed by atoms with Gasteiger partial charge >= 0.3 is 0 Å². The molecule has 4 aromatic carbocycles. The largest absolute Gasteiger partial charge is 0.489 e. The number of carbonyl (C=O) groups is 1. The highest BCUT2D eigenvalue weighted by Gasteiger charge is 2.35. The second-order valence-electron chi connectivity index (χ2n) is 9.96. The van der Waals surface area contributed by atoms with Gasteiger partial charge in [0, 0.05) is 35.5 Å². The number of hydrogen-bond acceptors (Lipinski definition) is 5. The highest BCUT2D eigenvalue weighted by atomic mass is 16.5. The number of rotatable bonds is 9. The van der Waals surface area contributed by atoms with Crippen molar-refractivity contribution in [1.29, 1.82) is 0 Å². The highest BCUT2D eigenvalue weighted by Crippen LogP contribution is 2.38. The van der Waals surface area contributed by atoms with Crippen molar-refractivity contribution < 1.29 is 19.0 Å². The van der Waals surface area contributed by atoms with Gasteiger partial charge in [-0.15, -0.1) is 0 Å². The minimum atomic E-state index is -0.886. The van der Waals surface area contributed by atoms with Gasteiger partial charge in [-0.2, -0.15) is 0 Å². The third kappa shape index (κ3) is 5.21. The van der Waals surface area contributed by atoms with Gasteiger partial charge in [-0.1, -0.05) is 48.5 Å². The van der Waals surface area contributed by atoms with Crippen molar-refractivity contribution >= 4 is 5.78 Å². The maximum atomic E-state index is 12.8. The van der Waals surface area contributed by atoms with E-state index in [1.54, 1.807) is 12.4 Å². The molecule has 0 spiro atoms. The fraction of sp³-hybridized carbons (Fsp3) is 0.176. The molecule has 0 radical (unpaired) electrons. The molecular formula is C34H30N2O4. The molecule has 0 aliphatic heterocycles. The highest BCUT2D eigenvalue weighted by molar-refractivity contribution is 5.99. The third-order valence-electron chi connectivity index (χ3n) is 7.29. The van der Waals surface area contributed by atoms with Crippen molar-refractivity contribution in [2.45, 2.75) is 38.4 Å². The number of ketones is 1. The molecule has 6 heteroatoms. The van der Waals surface area contributed by atoms with E-state index >= 15 is 0 Å². The predicted molar refractivity (Wildman–Crippen MR) is 153 cm³/mol. The molecule has 0 unspecified atom stereocenters. The average Bonchev–Trinajstić information content (AvgIpc) is 3.55. The Labute approximate surface area is 233 Å². The van der Waals surface area contributed by atoms with E-state index in [-0.39, 0.29) is 12.4 Å². The quantitative estimate of drug-likeness (QED) is 0.212. The Hall–Kier alpha value is -4.84. The Morgan fingerprint density at radius 1 is 0.825 bits per heavy atom. The van der Waals surface area contributed by atoms with Crippen molar-refractivity contribution in [1.82, 2.24) is 9.97 Å². The van der Waals surface area contributed by atoms with Gasteiger partial charge in [-0.3, -0.25) is 4.79 Å². The van der Waals surface area contributed by atoms with Gasteiger partial charge in [0.2, 0.25) is 0 Å². The van der Waals surface area contributed by atoms with Crippen LogP contribution in [0.4, 0.5) is 0 Å². The van der Waals surface area contributed by atoms with Gasteiger partial charge in [0.1, 0.15) is 29.6 Å². The van der Waals surface area contributed by atoms with E-state index in [2.05, 4.69) is 9.97 Å². The smallest absolute Gasteiger partial charge is 0.188 e. The lowest BCUT2D eigenvalue weighted by Gasteiger charge is -2.32. The number of Topliss-reactive ketones (excluding diaryl/α,β-unsaturated/α-hetero) is 1. The maximum absolute atomic E-state index is 12.8. The Kier molecular flexibility index (Phi) is 7.06. The van der Waals surface area contributed by atoms with Gasteiger partial charge in [0.15, 0.2) is 17.2 Å². The zero-order chi connectivity index (χ0) is 27.4. The molecule has 6 rings (SSSR count). The van der Waals surface area contributed by atoms with Crippen LogP contribution >= 0.6 is 0 Å². The maximum Gasteiger partial charge on any atom is 0.188 e. The van der Waals surface area contributed by atoms with Gasteiger partial charge in [-0.05, 0) is 73.9 Å². The molecule has 1 atom stereocenters. The number of benzene rings is 4. The molecule has 200 valence electrons. The molecule has 0 saturated carbocycles. The molecule has 1 aromatic heterocycles. The molecule has 40 heavy (non-hydrogen) atoms. The lowest BCUT2D eigenvalue weighted by molar-refractivity contribution is 0.0970. The topological polar surface area (TPSA) is 73.4 Å². The Balaban J connectivity index is 1.31. The number of aromatic amines is 1. The van der Waals surface area contributed by atoms with Crippen LogP contribution in [0.1, 0.15) is 52.6 Å². The lowest BCUT2D eigenvalue weighted by atomic mass is 9.86. The minimum absolute atomic E-state index is 0.160. The van der Waals surface area contributed by atoms with E-state index in [4.69, 9.17) is 14.2 Å². The summed E-state index contributed by atoms with van der Waals surface area (Å²) in [6.07, 6.45) is 5.68. The number of fused-ring (bicyclic) bond motifs is 1. The number of nitrogens with one attached hydrogen (secondary N) is 1. The van der Waals surface area contributed by atoms with Crippen molar-refractivity contribution in [3.8, 4) is 23.0 Å².